The number of aryl methyl sites for hydroxylation is 3. The van der Waals surface area contributed by atoms with Crippen LogP contribution in [0.1, 0.15) is 41.7 Å². The molecule has 1 aliphatic rings. The van der Waals surface area contributed by atoms with Crippen molar-refractivity contribution in [1.29, 1.82) is 0 Å². The Hall–Kier alpha value is -4.88. The lowest BCUT2D eigenvalue weighted by atomic mass is 9.78. The molecule has 1 aliphatic carbocycles. The zero-order valence-corrected chi connectivity index (χ0v) is 25.5. The summed E-state index contributed by atoms with van der Waals surface area (Å²) in [4.78, 5) is 2.42. The van der Waals surface area contributed by atoms with Gasteiger partial charge in [0, 0.05) is 22.5 Å². The number of hydrogen-bond donors (Lipinski definition) is 0. The predicted molar refractivity (Wildman–Crippen MR) is 185 cm³/mol. The standard InChI is InChI=1S/C42H35N/c1-26-22-27(2)24-31(23-26)43(38-17-11-6-12-28(38)3)30-19-21-32-29(25-30)18-20-37-39-35-15-9-7-13-33(35)34-14-8-10-16-36(34)41(39)42(4,5)40(32)37/h6-25H,1-5H3. The van der Waals surface area contributed by atoms with Crippen LogP contribution in [0.15, 0.2) is 121 Å². The maximum Gasteiger partial charge on any atom is 0.0490 e. The van der Waals surface area contributed by atoms with Crippen LogP contribution in [0.5, 0.6) is 0 Å². The smallest absolute Gasteiger partial charge is 0.0490 e. The Morgan fingerprint density at radius 1 is 0.488 bits per heavy atom. The zero-order valence-electron chi connectivity index (χ0n) is 25.5. The minimum atomic E-state index is -0.140. The van der Waals surface area contributed by atoms with E-state index in [0.717, 1.165) is 0 Å². The Morgan fingerprint density at radius 3 is 1.84 bits per heavy atom. The van der Waals surface area contributed by atoms with Crippen LogP contribution in [-0.2, 0) is 5.41 Å². The van der Waals surface area contributed by atoms with Crippen LogP contribution >= 0.6 is 0 Å². The van der Waals surface area contributed by atoms with E-state index < -0.39 is 0 Å². The molecule has 0 saturated heterocycles. The maximum atomic E-state index is 2.42. The summed E-state index contributed by atoms with van der Waals surface area (Å²) in [6.45, 7) is 11.4. The zero-order chi connectivity index (χ0) is 29.5. The molecule has 7 aromatic carbocycles. The van der Waals surface area contributed by atoms with Gasteiger partial charge in [-0.3, -0.25) is 0 Å². The Kier molecular flexibility index (Phi) is 5.59. The number of fused-ring (bicyclic) bond motifs is 10. The molecule has 8 rings (SSSR count). The summed E-state index contributed by atoms with van der Waals surface area (Å²) in [5.74, 6) is 0. The summed E-state index contributed by atoms with van der Waals surface area (Å²) in [6, 6.07) is 45.2. The van der Waals surface area contributed by atoms with Crippen LogP contribution in [0.4, 0.5) is 17.1 Å². The third kappa shape index (κ3) is 3.78. The molecule has 0 radical (unpaired) electrons. The van der Waals surface area contributed by atoms with Gasteiger partial charge in [-0.05, 0) is 122 Å². The van der Waals surface area contributed by atoms with Gasteiger partial charge in [0.1, 0.15) is 0 Å². The van der Waals surface area contributed by atoms with Gasteiger partial charge in [-0.1, -0.05) is 105 Å². The molecule has 0 N–H and O–H groups in total. The second-order valence-electron chi connectivity index (χ2n) is 12.8. The Balaban J connectivity index is 1.39. The second-order valence-corrected chi connectivity index (χ2v) is 12.8. The lowest BCUT2D eigenvalue weighted by molar-refractivity contribution is 0.672. The quantitative estimate of drug-likeness (QED) is 0.197. The predicted octanol–water partition coefficient (Wildman–Crippen LogP) is 11.8. The summed E-state index contributed by atoms with van der Waals surface area (Å²) < 4.78 is 0. The molecule has 0 aromatic heterocycles. The molecule has 0 fully saturated rings. The third-order valence-corrected chi connectivity index (χ3v) is 9.53. The van der Waals surface area contributed by atoms with E-state index >= 15 is 0 Å². The molecule has 0 bridgehead atoms. The van der Waals surface area contributed by atoms with Crippen LogP contribution < -0.4 is 4.90 Å². The fourth-order valence-corrected chi connectivity index (χ4v) is 7.85. The molecule has 0 aliphatic heterocycles. The van der Waals surface area contributed by atoms with E-state index in [1.807, 2.05) is 0 Å². The lowest BCUT2D eigenvalue weighted by Crippen LogP contribution is -2.16. The van der Waals surface area contributed by atoms with Gasteiger partial charge >= 0.3 is 0 Å². The summed E-state index contributed by atoms with van der Waals surface area (Å²) >= 11 is 0. The number of rotatable bonds is 3. The highest BCUT2D eigenvalue weighted by molar-refractivity contribution is 6.19. The van der Waals surface area contributed by atoms with Crippen LogP contribution in [0, 0.1) is 20.8 Å². The van der Waals surface area contributed by atoms with Crippen molar-refractivity contribution in [3.05, 3.63) is 149 Å². The molecule has 0 spiro atoms. The summed E-state index contributed by atoms with van der Waals surface area (Å²) in [5, 5.41) is 7.99. The van der Waals surface area contributed by atoms with Crippen LogP contribution in [-0.4, -0.2) is 0 Å². The minimum Gasteiger partial charge on any atom is -0.310 e. The van der Waals surface area contributed by atoms with Gasteiger partial charge in [-0.2, -0.15) is 0 Å². The highest BCUT2D eigenvalue weighted by Crippen LogP contribution is 2.56. The van der Waals surface area contributed by atoms with Gasteiger partial charge in [0.05, 0.1) is 0 Å². The average molecular weight is 554 g/mol. The van der Waals surface area contributed by atoms with Gasteiger partial charge in [-0.15, -0.1) is 0 Å². The van der Waals surface area contributed by atoms with E-state index in [1.54, 1.807) is 0 Å². The molecular weight excluding hydrogens is 518 g/mol. The van der Waals surface area contributed by atoms with Crippen LogP contribution in [0.25, 0.3) is 43.4 Å². The fourth-order valence-electron chi connectivity index (χ4n) is 7.85. The van der Waals surface area contributed by atoms with Crippen molar-refractivity contribution < 1.29 is 0 Å². The van der Waals surface area contributed by atoms with Gasteiger partial charge in [0.15, 0.2) is 0 Å². The monoisotopic (exact) mass is 553 g/mol. The van der Waals surface area contributed by atoms with Crippen molar-refractivity contribution >= 4 is 49.4 Å². The molecule has 208 valence electrons. The molecule has 0 unspecified atom stereocenters. The molecule has 7 aromatic rings. The Morgan fingerprint density at radius 2 is 1.12 bits per heavy atom. The van der Waals surface area contributed by atoms with Gasteiger partial charge in [-0.25, -0.2) is 0 Å². The molecular formula is C42H35N. The highest BCUT2D eigenvalue weighted by atomic mass is 15.1. The molecule has 0 atom stereocenters. The Labute approximate surface area is 254 Å². The van der Waals surface area contributed by atoms with E-state index in [0.29, 0.717) is 0 Å². The maximum absolute atomic E-state index is 2.42. The fraction of sp³-hybridized carbons (Fsp3) is 0.143. The average Bonchev–Trinajstić information content (AvgIpc) is 3.25. The molecule has 0 heterocycles. The summed E-state index contributed by atoms with van der Waals surface area (Å²) in [6.07, 6.45) is 0. The van der Waals surface area contributed by atoms with E-state index in [9.17, 15) is 0 Å². The first-order valence-corrected chi connectivity index (χ1v) is 15.3. The molecule has 0 amide bonds. The lowest BCUT2D eigenvalue weighted by Gasteiger charge is -2.29. The van der Waals surface area contributed by atoms with Crippen molar-refractivity contribution in [2.45, 2.75) is 40.0 Å². The first-order chi connectivity index (χ1) is 20.8. The first-order valence-electron chi connectivity index (χ1n) is 15.3. The van der Waals surface area contributed by atoms with Crippen molar-refractivity contribution in [2.75, 3.05) is 4.90 Å². The molecule has 1 nitrogen and oxygen atoms in total. The van der Waals surface area contributed by atoms with Crippen LogP contribution in [0.2, 0.25) is 0 Å². The highest BCUT2D eigenvalue weighted by Gasteiger charge is 2.39. The van der Waals surface area contributed by atoms with Crippen molar-refractivity contribution in [3.63, 3.8) is 0 Å². The van der Waals surface area contributed by atoms with Crippen molar-refractivity contribution in [3.8, 4) is 11.1 Å². The third-order valence-electron chi connectivity index (χ3n) is 9.53. The van der Waals surface area contributed by atoms with Gasteiger partial charge in [0.25, 0.3) is 0 Å². The van der Waals surface area contributed by atoms with E-state index in [4.69, 9.17) is 0 Å². The minimum absolute atomic E-state index is 0.140. The van der Waals surface area contributed by atoms with E-state index in [1.165, 1.54) is 88.3 Å². The van der Waals surface area contributed by atoms with Crippen LogP contribution in [0.3, 0.4) is 0 Å². The largest absolute Gasteiger partial charge is 0.310 e. The SMILES string of the molecule is Cc1cc(C)cc(N(c2ccc3c4c(ccc3c2)-c2c(c3ccccc3c3ccccc23)C4(C)C)c2ccccc2C)c1. The van der Waals surface area contributed by atoms with E-state index in [2.05, 4.69) is 161 Å². The molecule has 1 heteroatoms. The first kappa shape index (κ1) is 25.8. The number of nitrogens with zero attached hydrogens (tertiary/aromatic N) is 1. The topological polar surface area (TPSA) is 3.24 Å². The molecule has 0 saturated carbocycles. The van der Waals surface area contributed by atoms with E-state index in [-0.39, 0.29) is 5.41 Å². The Bertz CT molecular complexity index is 2230. The summed E-state index contributed by atoms with van der Waals surface area (Å²) in [5.41, 5.74) is 12.9. The number of hydrogen-bond acceptors (Lipinski definition) is 1. The summed E-state index contributed by atoms with van der Waals surface area (Å²) in [7, 11) is 0. The molecule has 43 heavy (non-hydrogen) atoms. The normalized spacial score (nSPS) is 13.4. The van der Waals surface area contributed by atoms with Gasteiger partial charge < -0.3 is 4.90 Å². The number of anilines is 3. The van der Waals surface area contributed by atoms with Crippen molar-refractivity contribution in [2.24, 2.45) is 0 Å². The van der Waals surface area contributed by atoms with Gasteiger partial charge in [0.2, 0.25) is 0 Å². The second kappa shape index (κ2) is 9.31. The van der Waals surface area contributed by atoms with Crippen molar-refractivity contribution in [1.82, 2.24) is 0 Å². The number of benzene rings is 7. The number of para-hydroxylation sites is 1.